The molecule has 11 heteroatoms. The number of nitrogens with zero attached hydrogens (tertiary/aromatic N) is 4. The Hall–Kier alpha value is -3.84. The summed E-state index contributed by atoms with van der Waals surface area (Å²) in [4.78, 5) is 34.1. The number of carboxylic acid groups (broad SMARTS) is 1. The normalized spacial score (nSPS) is 16.8. The second-order valence-electron chi connectivity index (χ2n) is 6.69. The predicted molar refractivity (Wildman–Crippen MR) is 115 cm³/mol. The van der Waals surface area contributed by atoms with E-state index >= 15 is 0 Å². The fraction of sp³-hybridized carbons (Fsp3) is 0.250. The van der Waals surface area contributed by atoms with Crippen LogP contribution >= 0.6 is 11.6 Å². The molecule has 0 aliphatic carbocycles. The smallest absolute Gasteiger partial charge is 0.407 e. The number of pyridine rings is 1. The Balaban J connectivity index is 1.90. The van der Waals surface area contributed by atoms with Gasteiger partial charge in [-0.15, -0.1) is 0 Å². The third-order valence-corrected chi connectivity index (χ3v) is 4.91. The van der Waals surface area contributed by atoms with Crippen molar-refractivity contribution in [2.24, 2.45) is 4.99 Å². The standard InChI is InChI=1S/C20H20ClN7O3/c21-14-7-5-13(6-8-14)18(29)26-17(16-4-2-10-28(16)20(30)31)27-19(24-12-22)25-15-3-1-9-23-11-15/h1,3,5-9,11,16-17H,2,4,10H2,(H,26,29)(H,30,31)(H2,24,25,27)/t16-,17+/m1/s1. The van der Waals surface area contributed by atoms with Gasteiger partial charge in [-0.25, -0.2) is 9.79 Å². The molecule has 1 aliphatic rings. The number of aromatic nitrogens is 1. The highest BCUT2D eigenvalue weighted by molar-refractivity contribution is 6.30. The quantitative estimate of drug-likeness (QED) is 0.241. The van der Waals surface area contributed by atoms with Crippen molar-refractivity contribution in [3.05, 3.63) is 59.4 Å². The molecule has 2 atom stereocenters. The number of hydrogen-bond acceptors (Lipinski definition) is 5. The van der Waals surface area contributed by atoms with Gasteiger partial charge >= 0.3 is 6.09 Å². The Morgan fingerprint density at radius 1 is 1.32 bits per heavy atom. The lowest BCUT2D eigenvalue weighted by Gasteiger charge is -2.28. The van der Waals surface area contributed by atoms with E-state index in [0.29, 0.717) is 35.7 Å². The molecule has 2 aromatic rings. The molecule has 0 saturated carbocycles. The minimum Gasteiger partial charge on any atom is -0.465 e. The average molecular weight is 442 g/mol. The largest absolute Gasteiger partial charge is 0.465 e. The topological polar surface area (TPSA) is 143 Å². The fourth-order valence-corrected chi connectivity index (χ4v) is 3.38. The number of amides is 2. The Kier molecular flexibility index (Phi) is 7.24. The molecule has 1 fully saturated rings. The number of rotatable bonds is 5. The fourth-order valence-electron chi connectivity index (χ4n) is 3.25. The lowest BCUT2D eigenvalue weighted by Crippen LogP contribution is -2.51. The predicted octanol–water partition coefficient (Wildman–Crippen LogP) is 2.47. The molecule has 3 rings (SSSR count). The second-order valence-corrected chi connectivity index (χ2v) is 7.13. The zero-order valence-electron chi connectivity index (χ0n) is 16.3. The minimum atomic E-state index is -1.10. The van der Waals surface area contributed by atoms with Gasteiger partial charge in [-0.3, -0.25) is 15.1 Å². The Labute approximate surface area is 183 Å². The van der Waals surface area contributed by atoms with Crippen LogP contribution in [0.2, 0.25) is 5.02 Å². The van der Waals surface area contributed by atoms with E-state index in [1.807, 2.05) is 0 Å². The summed E-state index contributed by atoms with van der Waals surface area (Å²) < 4.78 is 0. The van der Waals surface area contributed by atoms with Gasteiger partial charge in [0, 0.05) is 23.3 Å². The van der Waals surface area contributed by atoms with E-state index in [1.165, 1.54) is 11.1 Å². The highest BCUT2D eigenvalue weighted by Crippen LogP contribution is 2.22. The number of hydrogen-bond donors (Lipinski definition) is 4. The van der Waals surface area contributed by atoms with Crippen LogP contribution in [0, 0.1) is 11.5 Å². The number of halogens is 1. The van der Waals surface area contributed by atoms with Gasteiger partial charge in [-0.05, 0) is 49.2 Å². The highest BCUT2D eigenvalue weighted by atomic mass is 35.5. The van der Waals surface area contributed by atoms with E-state index in [1.54, 1.807) is 48.8 Å². The van der Waals surface area contributed by atoms with Gasteiger partial charge in [-0.2, -0.15) is 5.26 Å². The van der Waals surface area contributed by atoms with Crippen LogP contribution in [0.5, 0.6) is 0 Å². The number of aliphatic imine (C=N–C) groups is 1. The maximum Gasteiger partial charge on any atom is 0.407 e. The molecule has 1 aromatic heterocycles. The Morgan fingerprint density at radius 2 is 2.10 bits per heavy atom. The number of nitrogens with one attached hydrogen (secondary N) is 3. The van der Waals surface area contributed by atoms with Crippen molar-refractivity contribution in [3.63, 3.8) is 0 Å². The zero-order valence-corrected chi connectivity index (χ0v) is 17.1. The summed E-state index contributed by atoms with van der Waals surface area (Å²) in [7, 11) is 0. The molecule has 10 nitrogen and oxygen atoms in total. The summed E-state index contributed by atoms with van der Waals surface area (Å²) in [6.45, 7) is 0.333. The molecular formula is C20H20ClN7O3. The van der Waals surface area contributed by atoms with Gasteiger partial charge in [0.15, 0.2) is 6.19 Å². The number of anilines is 1. The summed E-state index contributed by atoms with van der Waals surface area (Å²) in [5.41, 5.74) is 0.910. The van der Waals surface area contributed by atoms with Gasteiger partial charge < -0.3 is 20.6 Å². The molecule has 0 spiro atoms. The first-order valence-electron chi connectivity index (χ1n) is 9.44. The molecule has 0 unspecified atom stereocenters. The monoisotopic (exact) mass is 441 g/mol. The summed E-state index contributed by atoms with van der Waals surface area (Å²) in [6.07, 6.45) is 4.02. The number of carbonyl (C=O) groups excluding carboxylic acids is 1. The number of nitriles is 1. The van der Waals surface area contributed by atoms with E-state index in [9.17, 15) is 14.7 Å². The van der Waals surface area contributed by atoms with E-state index in [-0.39, 0.29) is 5.96 Å². The van der Waals surface area contributed by atoms with Crippen molar-refractivity contribution in [1.29, 1.82) is 5.26 Å². The maximum atomic E-state index is 12.8. The third kappa shape index (κ3) is 5.83. The van der Waals surface area contributed by atoms with E-state index in [2.05, 4.69) is 25.9 Å². The summed E-state index contributed by atoms with van der Waals surface area (Å²) in [5, 5.41) is 27.3. The molecular weight excluding hydrogens is 422 g/mol. The zero-order chi connectivity index (χ0) is 22.2. The third-order valence-electron chi connectivity index (χ3n) is 4.66. The van der Waals surface area contributed by atoms with Crippen molar-refractivity contribution >= 4 is 35.2 Å². The Bertz CT molecular complexity index is 992. The van der Waals surface area contributed by atoms with Crippen LogP contribution in [0.25, 0.3) is 0 Å². The molecule has 1 aromatic carbocycles. The van der Waals surface area contributed by atoms with Crippen molar-refractivity contribution < 1.29 is 14.7 Å². The number of benzene rings is 1. The molecule has 31 heavy (non-hydrogen) atoms. The maximum absolute atomic E-state index is 12.8. The van der Waals surface area contributed by atoms with Crippen LogP contribution < -0.4 is 16.0 Å². The molecule has 2 heterocycles. The number of carbonyl (C=O) groups is 2. The molecule has 0 bridgehead atoms. The van der Waals surface area contributed by atoms with Gasteiger partial charge in [0.05, 0.1) is 17.9 Å². The van der Waals surface area contributed by atoms with Gasteiger partial charge in [0.25, 0.3) is 5.91 Å². The first-order chi connectivity index (χ1) is 15.0. The molecule has 1 saturated heterocycles. The van der Waals surface area contributed by atoms with Crippen LogP contribution in [0.3, 0.4) is 0 Å². The summed E-state index contributed by atoms with van der Waals surface area (Å²) in [6, 6.07) is 9.12. The molecule has 1 aliphatic heterocycles. The summed E-state index contributed by atoms with van der Waals surface area (Å²) >= 11 is 5.88. The van der Waals surface area contributed by atoms with Crippen molar-refractivity contribution in [2.75, 3.05) is 11.9 Å². The van der Waals surface area contributed by atoms with Gasteiger partial charge in [0.2, 0.25) is 5.96 Å². The highest BCUT2D eigenvalue weighted by Gasteiger charge is 2.36. The van der Waals surface area contributed by atoms with Crippen LogP contribution in [-0.2, 0) is 0 Å². The van der Waals surface area contributed by atoms with E-state index in [0.717, 1.165) is 0 Å². The first kappa shape index (κ1) is 21.9. The van der Waals surface area contributed by atoms with Crippen LogP contribution in [0.1, 0.15) is 23.2 Å². The lowest BCUT2D eigenvalue weighted by atomic mass is 10.1. The van der Waals surface area contributed by atoms with Crippen LogP contribution in [0.15, 0.2) is 53.8 Å². The Morgan fingerprint density at radius 3 is 2.74 bits per heavy atom. The average Bonchev–Trinajstić information content (AvgIpc) is 3.25. The van der Waals surface area contributed by atoms with Gasteiger partial charge in [-0.1, -0.05) is 11.6 Å². The van der Waals surface area contributed by atoms with E-state index < -0.39 is 24.2 Å². The van der Waals surface area contributed by atoms with E-state index in [4.69, 9.17) is 16.9 Å². The molecule has 2 amide bonds. The minimum absolute atomic E-state index is 0.0501. The molecule has 0 radical (unpaired) electrons. The molecule has 4 N–H and O–H groups in total. The van der Waals surface area contributed by atoms with Crippen LogP contribution in [-0.4, -0.2) is 51.7 Å². The van der Waals surface area contributed by atoms with Gasteiger partial charge in [0.1, 0.15) is 6.17 Å². The first-order valence-corrected chi connectivity index (χ1v) is 9.81. The SMILES string of the molecule is N#CNC(=N[C@H](NC(=O)c1ccc(Cl)cc1)[C@H]1CCCN1C(=O)O)Nc1cccnc1. The summed E-state index contributed by atoms with van der Waals surface area (Å²) in [5.74, 6) is -0.394. The van der Waals surface area contributed by atoms with Crippen molar-refractivity contribution in [2.45, 2.75) is 25.0 Å². The second kappa shape index (κ2) is 10.3. The number of likely N-dealkylation sites (tertiary alicyclic amines) is 1. The van der Waals surface area contributed by atoms with Crippen LogP contribution in [0.4, 0.5) is 10.5 Å². The van der Waals surface area contributed by atoms with Crippen molar-refractivity contribution in [1.82, 2.24) is 20.5 Å². The number of guanidine groups is 1. The van der Waals surface area contributed by atoms with Crippen molar-refractivity contribution in [3.8, 4) is 6.19 Å². The molecule has 160 valence electrons. The lowest BCUT2D eigenvalue weighted by molar-refractivity contribution is 0.0897.